The first kappa shape index (κ1) is 20.3. The quantitative estimate of drug-likeness (QED) is 0.434. The van der Waals surface area contributed by atoms with Gasteiger partial charge in [0.2, 0.25) is 5.78 Å². The summed E-state index contributed by atoms with van der Waals surface area (Å²) in [6.45, 7) is 7.40. The molecule has 29 heavy (non-hydrogen) atoms. The maximum Gasteiger partial charge on any atom is 0.338 e. The smallest absolute Gasteiger partial charge is 0.338 e. The van der Waals surface area contributed by atoms with E-state index in [1.54, 1.807) is 30.3 Å². The molecule has 0 aliphatic rings. The molecule has 1 aromatic heterocycles. The molecule has 0 aliphatic heterocycles. The van der Waals surface area contributed by atoms with Gasteiger partial charge in [0.15, 0.2) is 6.61 Å². The third-order valence-electron chi connectivity index (χ3n) is 4.66. The molecule has 0 N–H and O–H groups in total. The monoisotopic (exact) mass is 393 g/mol. The van der Waals surface area contributed by atoms with Crippen LogP contribution in [0.3, 0.4) is 0 Å². The standard InChI is InChI=1S/C23H23NO5/c1-14-8-9-15(2)20(10-14)22(25)13-28-23(26)18-6-5-7-19(11-18)27-12-21-16(3)24-29-17(21)4/h5-11H,12-13H2,1-4H3. The highest BCUT2D eigenvalue weighted by molar-refractivity contribution is 6.00. The Kier molecular flexibility index (Phi) is 6.12. The molecule has 0 saturated heterocycles. The molecule has 0 aliphatic carbocycles. The van der Waals surface area contributed by atoms with E-state index in [-0.39, 0.29) is 19.0 Å². The number of aryl methyl sites for hydroxylation is 4. The minimum absolute atomic E-state index is 0.231. The second-order valence-corrected chi connectivity index (χ2v) is 6.94. The molecule has 3 rings (SSSR count). The Morgan fingerprint density at radius 1 is 1.03 bits per heavy atom. The van der Waals surface area contributed by atoms with Crippen molar-refractivity contribution in [3.63, 3.8) is 0 Å². The van der Waals surface area contributed by atoms with E-state index < -0.39 is 5.97 Å². The molecule has 6 nitrogen and oxygen atoms in total. The lowest BCUT2D eigenvalue weighted by Crippen LogP contribution is -2.15. The number of benzene rings is 2. The van der Waals surface area contributed by atoms with Crippen LogP contribution in [0, 0.1) is 27.7 Å². The van der Waals surface area contributed by atoms with Crippen molar-refractivity contribution in [1.29, 1.82) is 0 Å². The highest BCUT2D eigenvalue weighted by Gasteiger charge is 2.15. The number of aromatic nitrogens is 1. The van der Waals surface area contributed by atoms with Gasteiger partial charge in [0.25, 0.3) is 0 Å². The average Bonchev–Trinajstić information content (AvgIpc) is 3.03. The van der Waals surface area contributed by atoms with Crippen LogP contribution in [-0.4, -0.2) is 23.5 Å². The topological polar surface area (TPSA) is 78.6 Å². The summed E-state index contributed by atoms with van der Waals surface area (Å²) in [7, 11) is 0. The number of hydrogen-bond donors (Lipinski definition) is 0. The van der Waals surface area contributed by atoms with E-state index in [2.05, 4.69) is 5.16 Å². The fourth-order valence-corrected chi connectivity index (χ4v) is 2.90. The van der Waals surface area contributed by atoms with Crippen molar-refractivity contribution in [3.05, 3.63) is 81.7 Å². The van der Waals surface area contributed by atoms with Gasteiger partial charge >= 0.3 is 5.97 Å². The largest absolute Gasteiger partial charge is 0.489 e. The number of carbonyl (C=O) groups excluding carboxylic acids is 2. The number of esters is 1. The molecular formula is C23H23NO5. The first-order valence-electron chi connectivity index (χ1n) is 9.27. The maximum absolute atomic E-state index is 12.4. The molecule has 0 saturated carbocycles. The van der Waals surface area contributed by atoms with Crippen molar-refractivity contribution in [3.8, 4) is 5.75 Å². The van der Waals surface area contributed by atoms with Crippen molar-refractivity contribution in [2.75, 3.05) is 6.61 Å². The zero-order valence-corrected chi connectivity index (χ0v) is 16.9. The average molecular weight is 393 g/mol. The van der Waals surface area contributed by atoms with E-state index in [0.717, 1.165) is 22.4 Å². The van der Waals surface area contributed by atoms with Crippen LogP contribution in [-0.2, 0) is 11.3 Å². The lowest BCUT2D eigenvalue weighted by Gasteiger charge is -2.09. The van der Waals surface area contributed by atoms with Crippen LogP contribution < -0.4 is 4.74 Å². The zero-order valence-electron chi connectivity index (χ0n) is 16.9. The van der Waals surface area contributed by atoms with Gasteiger partial charge in [0, 0.05) is 5.56 Å². The first-order chi connectivity index (χ1) is 13.8. The molecule has 3 aromatic rings. The molecule has 0 radical (unpaired) electrons. The van der Waals surface area contributed by atoms with Gasteiger partial charge in [-0.15, -0.1) is 0 Å². The molecule has 150 valence electrons. The number of hydrogen-bond acceptors (Lipinski definition) is 6. The third kappa shape index (κ3) is 4.90. The SMILES string of the molecule is Cc1ccc(C)c(C(=O)COC(=O)c2cccc(OCc3c(C)noc3C)c2)c1. The summed E-state index contributed by atoms with van der Waals surface area (Å²) in [5.74, 6) is 0.403. The Morgan fingerprint density at radius 2 is 1.83 bits per heavy atom. The Bertz CT molecular complexity index is 1030. The van der Waals surface area contributed by atoms with Gasteiger partial charge in [-0.05, 0) is 57.5 Å². The summed E-state index contributed by atoms with van der Waals surface area (Å²) >= 11 is 0. The van der Waals surface area contributed by atoms with Crippen molar-refractivity contribution in [1.82, 2.24) is 5.16 Å². The third-order valence-corrected chi connectivity index (χ3v) is 4.66. The van der Waals surface area contributed by atoms with Crippen LogP contribution in [0.4, 0.5) is 0 Å². The molecular weight excluding hydrogens is 370 g/mol. The highest BCUT2D eigenvalue weighted by atomic mass is 16.5. The van der Waals surface area contributed by atoms with Crippen molar-refractivity contribution >= 4 is 11.8 Å². The molecule has 0 unspecified atom stereocenters. The predicted octanol–water partition coefficient (Wildman–Crippen LogP) is 4.53. The number of nitrogens with zero attached hydrogens (tertiary/aromatic N) is 1. The molecule has 0 amide bonds. The van der Waals surface area contributed by atoms with Crippen LogP contribution in [0.1, 0.15) is 48.9 Å². The summed E-state index contributed by atoms with van der Waals surface area (Å²) in [5.41, 5.74) is 4.35. The first-order valence-corrected chi connectivity index (χ1v) is 9.27. The zero-order chi connectivity index (χ0) is 21.0. The minimum Gasteiger partial charge on any atom is -0.489 e. The van der Waals surface area contributed by atoms with Gasteiger partial charge in [-0.3, -0.25) is 4.79 Å². The van der Waals surface area contributed by atoms with Crippen molar-refractivity contribution in [2.45, 2.75) is 34.3 Å². The lowest BCUT2D eigenvalue weighted by molar-refractivity contribution is 0.0474. The van der Waals surface area contributed by atoms with Crippen LogP contribution in [0.25, 0.3) is 0 Å². The summed E-state index contributed by atoms with van der Waals surface area (Å²) in [4.78, 5) is 24.8. The van der Waals surface area contributed by atoms with Gasteiger partial charge < -0.3 is 14.0 Å². The van der Waals surface area contributed by atoms with E-state index in [9.17, 15) is 9.59 Å². The van der Waals surface area contributed by atoms with Gasteiger partial charge in [0.1, 0.15) is 18.1 Å². The highest BCUT2D eigenvalue weighted by Crippen LogP contribution is 2.19. The maximum atomic E-state index is 12.4. The van der Waals surface area contributed by atoms with Gasteiger partial charge in [-0.2, -0.15) is 0 Å². The Morgan fingerprint density at radius 3 is 2.55 bits per heavy atom. The second-order valence-electron chi connectivity index (χ2n) is 6.94. The van der Waals surface area contributed by atoms with Crippen LogP contribution in [0.5, 0.6) is 5.75 Å². The normalized spacial score (nSPS) is 10.6. The molecule has 2 aromatic carbocycles. The van der Waals surface area contributed by atoms with E-state index >= 15 is 0 Å². The molecule has 0 atom stereocenters. The van der Waals surface area contributed by atoms with E-state index in [1.165, 1.54) is 0 Å². The Labute approximate surface area is 169 Å². The molecule has 1 heterocycles. The molecule has 6 heteroatoms. The summed E-state index contributed by atoms with van der Waals surface area (Å²) in [6, 6.07) is 12.3. The lowest BCUT2D eigenvalue weighted by atomic mass is 10.0. The van der Waals surface area contributed by atoms with E-state index in [4.69, 9.17) is 14.0 Å². The number of ether oxygens (including phenoxy) is 2. The van der Waals surface area contributed by atoms with E-state index in [1.807, 2.05) is 39.8 Å². The number of ketones is 1. The van der Waals surface area contributed by atoms with Crippen LogP contribution in [0.2, 0.25) is 0 Å². The predicted molar refractivity (Wildman–Crippen MR) is 107 cm³/mol. The Balaban J connectivity index is 1.62. The summed E-state index contributed by atoms with van der Waals surface area (Å²) in [6.07, 6.45) is 0. The van der Waals surface area contributed by atoms with Gasteiger partial charge in [-0.1, -0.05) is 28.9 Å². The number of carbonyl (C=O) groups is 2. The molecule has 0 spiro atoms. The van der Waals surface area contributed by atoms with Crippen LogP contribution in [0.15, 0.2) is 47.0 Å². The van der Waals surface area contributed by atoms with Crippen molar-refractivity contribution in [2.24, 2.45) is 0 Å². The number of rotatable bonds is 7. The summed E-state index contributed by atoms with van der Waals surface area (Å²) in [5, 5.41) is 3.89. The van der Waals surface area contributed by atoms with Crippen LogP contribution >= 0.6 is 0 Å². The van der Waals surface area contributed by atoms with Crippen molar-refractivity contribution < 1.29 is 23.6 Å². The van der Waals surface area contributed by atoms with E-state index in [0.29, 0.717) is 22.6 Å². The molecule has 0 fully saturated rings. The van der Waals surface area contributed by atoms with Gasteiger partial charge in [-0.25, -0.2) is 4.79 Å². The fraction of sp³-hybridized carbons (Fsp3) is 0.261. The molecule has 0 bridgehead atoms. The number of Topliss-reactive ketones (excluding diaryl/α,β-unsaturated/α-hetero) is 1. The Hall–Kier alpha value is -3.41. The van der Waals surface area contributed by atoms with Gasteiger partial charge in [0.05, 0.1) is 16.8 Å². The second kappa shape index (κ2) is 8.73. The fourth-order valence-electron chi connectivity index (χ4n) is 2.90. The minimum atomic E-state index is -0.577. The summed E-state index contributed by atoms with van der Waals surface area (Å²) < 4.78 is 16.1.